The van der Waals surface area contributed by atoms with Crippen LogP contribution in [0.25, 0.3) is 6.08 Å². The molecule has 1 fully saturated rings. The Morgan fingerprint density at radius 3 is 2.56 bits per heavy atom. The molecule has 2 aromatic rings. The van der Waals surface area contributed by atoms with Crippen molar-refractivity contribution in [3.63, 3.8) is 0 Å². The first-order chi connectivity index (χ1) is 17.1. The van der Waals surface area contributed by atoms with E-state index < -0.39 is 29.6 Å². The third kappa shape index (κ3) is 6.78. The van der Waals surface area contributed by atoms with Crippen molar-refractivity contribution in [3.8, 4) is 11.5 Å². The van der Waals surface area contributed by atoms with Crippen molar-refractivity contribution in [2.75, 3.05) is 32.2 Å². The maximum atomic E-state index is 12.9. The number of imide groups is 1. The molecule has 1 saturated heterocycles. The predicted octanol–water partition coefficient (Wildman–Crippen LogP) is 4.53. The summed E-state index contributed by atoms with van der Waals surface area (Å²) >= 11 is 2.79. The molecule has 1 N–H and O–H groups in total. The van der Waals surface area contributed by atoms with Gasteiger partial charge in [0.2, 0.25) is 5.91 Å². The molecule has 0 atom stereocenters. The Hall–Kier alpha value is -3.06. The number of hydrogen-bond acceptors (Lipinski definition) is 8. The molecule has 0 spiro atoms. The van der Waals surface area contributed by atoms with E-state index in [1.54, 1.807) is 31.2 Å². The zero-order valence-electron chi connectivity index (χ0n) is 20.2. The number of anilines is 1. The average Bonchev–Trinajstić information content (AvgIpc) is 3.07. The highest BCUT2D eigenvalue weighted by atomic mass is 127. The third-order valence-electron chi connectivity index (χ3n) is 5.02. The van der Waals surface area contributed by atoms with Gasteiger partial charge in [-0.1, -0.05) is 17.7 Å². The third-order valence-corrected chi connectivity index (χ3v) is 6.73. The van der Waals surface area contributed by atoms with E-state index in [1.165, 1.54) is 7.11 Å². The fourth-order valence-electron chi connectivity index (χ4n) is 3.34. The Bertz CT molecular complexity index is 1250. The van der Waals surface area contributed by atoms with Crippen molar-refractivity contribution in [3.05, 3.63) is 55.5 Å². The van der Waals surface area contributed by atoms with E-state index in [2.05, 4.69) is 10.1 Å². The molecular weight excluding hydrogens is 599 g/mol. The monoisotopic (exact) mass is 624 g/mol. The second-order valence-electron chi connectivity index (χ2n) is 7.76. The smallest absolute Gasteiger partial charge is 0.343 e. The number of halogens is 1. The number of benzene rings is 2. The number of nitrogens with one attached hydrogen (secondary N) is 1. The molecular formula is C25H25IN2O7S. The second-order valence-corrected chi connectivity index (χ2v) is 9.92. The lowest BCUT2D eigenvalue weighted by Gasteiger charge is -2.14. The number of hydrogen-bond donors (Lipinski definition) is 1. The van der Waals surface area contributed by atoms with Gasteiger partial charge in [0.1, 0.15) is 6.54 Å². The van der Waals surface area contributed by atoms with Crippen LogP contribution in [0.2, 0.25) is 0 Å². The standard InChI is InChI=1S/C25H25IN2O7S/c1-5-34-19-10-16(9-17(26)23(19)35-13-22(30)33-4)11-20-24(31)28(25(32)36-20)12-21(29)27-18-7-6-14(2)8-15(18)3/h6-11H,5,12-13H2,1-4H3,(H,27,29)/b20-11+. The van der Waals surface area contributed by atoms with Gasteiger partial charge in [-0.3, -0.25) is 19.3 Å². The summed E-state index contributed by atoms with van der Waals surface area (Å²) in [5.41, 5.74) is 3.17. The minimum atomic E-state index is -0.556. The summed E-state index contributed by atoms with van der Waals surface area (Å²) in [4.78, 5) is 50.5. The molecule has 0 aliphatic carbocycles. The Kier molecular flexibility index (Phi) is 9.37. The highest BCUT2D eigenvalue weighted by molar-refractivity contribution is 14.1. The fraction of sp³-hybridized carbons (Fsp3) is 0.280. The number of nitrogens with zero attached hydrogens (tertiary/aromatic N) is 1. The number of carbonyl (C=O) groups excluding carboxylic acids is 4. The van der Waals surface area contributed by atoms with Crippen LogP contribution in [0.4, 0.5) is 10.5 Å². The minimum absolute atomic E-state index is 0.181. The Morgan fingerprint density at radius 2 is 1.89 bits per heavy atom. The maximum Gasteiger partial charge on any atom is 0.343 e. The zero-order valence-corrected chi connectivity index (χ0v) is 23.2. The maximum absolute atomic E-state index is 12.9. The summed E-state index contributed by atoms with van der Waals surface area (Å²) in [6, 6.07) is 8.97. The average molecular weight is 624 g/mol. The van der Waals surface area contributed by atoms with Crippen LogP contribution in [0, 0.1) is 17.4 Å². The number of methoxy groups -OCH3 is 1. The van der Waals surface area contributed by atoms with Crippen molar-refractivity contribution in [1.82, 2.24) is 4.90 Å². The van der Waals surface area contributed by atoms with Crippen molar-refractivity contribution in [2.45, 2.75) is 20.8 Å². The van der Waals surface area contributed by atoms with Crippen LogP contribution in [0.5, 0.6) is 11.5 Å². The lowest BCUT2D eigenvalue weighted by molar-refractivity contribution is -0.143. The van der Waals surface area contributed by atoms with E-state index in [0.717, 1.165) is 27.8 Å². The summed E-state index contributed by atoms with van der Waals surface area (Å²) in [5, 5.41) is 2.22. The van der Waals surface area contributed by atoms with Crippen LogP contribution < -0.4 is 14.8 Å². The zero-order chi connectivity index (χ0) is 26.4. The largest absolute Gasteiger partial charge is 0.490 e. The van der Waals surface area contributed by atoms with Gasteiger partial charge in [0.25, 0.3) is 11.1 Å². The van der Waals surface area contributed by atoms with Gasteiger partial charge in [0.05, 0.1) is 22.2 Å². The molecule has 3 rings (SSSR count). The number of esters is 1. The van der Waals surface area contributed by atoms with E-state index in [-0.39, 0.29) is 11.5 Å². The molecule has 0 aromatic heterocycles. The van der Waals surface area contributed by atoms with Crippen LogP contribution in [-0.2, 0) is 19.1 Å². The Balaban J connectivity index is 1.76. The van der Waals surface area contributed by atoms with Gasteiger partial charge in [-0.2, -0.15) is 0 Å². The number of amides is 3. The second kappa shape index (κ2) is 12.3. The quantitative estimate of drug-likeness (QED) is 0.246. The summed E-state index contributed by atoms with van der Waals surface area (Å²) in [7, 11) is 1.27. The summed E-state index contributed by atoms with van der Waals surface area (Å²) < 4.78 is 16.4. The SMILES string of the molecule is CCOc1cc(/C=C2/SC(=O)N(CC(=O)Nc3ccc(C)cc3C)C2=O)cc(I)c1OCC(=O)OC. The van der Waals surface area contributed by atoms with Gasteiger partial charge in [-0.25, -0.2) is 4.79 Å². The van der Waals surface area contributed by atoms with Gasteiger partial charge in [0.15, 0.2) is 18.1 Å². The van der Waals surface area contributed by atoms with Crippen molar-refractivity contribution >= 4 is 69.1 Å². The Morgan fingerprint density at radius 1 is 1.14 bits per heavy atom. The van der Waals surface area contributed by atoms with Crippen molar-refractivity contribution in [2.24, 2.45) is 0 Å². The summed E-state index contributed by atoms with van der Waals surface area (Å²) in [6.45, 7) is 5.30. The Labute approximate surface area is 226 Å². The number of carbonyl (C=O) groups is 4. The predicted molar refractivity (Wildman–Crippen MR) is 145 cm³/mol. The van der Waals surface area contributed by atoms with E-state index >= 15 is 0 Å². The van der Waals surface area contributed by atoms with Crippen LogP contribution in [0.1, 0.15) is 23.6 Å². The fourth-order valence-corrected chi connectivity index (χ4v) is 4.96. The van der Waals surface area contributed by atoms with Crippen LogP contribution in [-0.4, -0.2) is 54.8 Å². The first-order valence-corrected chi connectivity index (χ1v) is 12.8. The summed E-state index contributed by atoms with van der Waals surface area (Å²) in [6.07, 6.45) is 1.56. The number of thioether (sulfide) groups is 1. The minimum Gasteiger partial charge on any atom is -0.490 e. The molecule has 36 heavy (non-hydrogen) atoms. The molecule has 1 aliphatic rings. The van der Waals surface area contributed by atoms with Crippen LogP contribution >= 0.6 is 34.4 Å². The lowest BCUT2D eigenvalue weighted by atomic mass is 10.1. The molecule has 0 saturated carbocycles. The molecule has 1 heterocycles. The molecule has 3 amide bonds. The van der Waals surface area contributed by atoms with E-state index in [4.69, 9.17) is 9.47 Å². The number of rotatable bonds is 9. The van der Waals surface area contributed by atoms with Gasteiger partial charge in [0, 0.05) is 5.69 Å². The van der Waals surface area contributed by atoms with Crippen LogP contribution in [0.3, 0.4) is 0 Å². The number of aryl methyl sites for hydroxylation is 2. The van der Waals surface area contributed by atoms with E-state index in [9.17, 15) is 19.2 Å². The molecule has 11 heteroatoms. The van der Waals surface area contributed by atoms with Gasteiger partial charge >= 0.3 is 5.97 Å². The van der Waals surface area contributed by atoms with Crippen molar-refractivity contribution in [1.29, 1.82) is 0 Å². The first kappa shape index (κ1) is 27.5. The van der Waals surface area contributed by atoms with Crippen molar-refractivity contribution < 1.29 is 33.4 Å². The van der Waals surface area contributed by atoms with Gasteiger partial charge in [-0.05, 0) is 90.5 Å². The van der Waals surface area contributed by atoms with Crippen LogP contribution in [0.15, 0.2) is 35.2 Å². The van der Waals surface area contributed by atoms with Gasteiger partial charge in [-0.15, -0.1) is 0 Å². The topological polar surface area (TPSA) is 111 Å². The molecule has 0 bridgehead atoms. The molecule has 0 unspecified atom stereocenters. The van der Waals surface area contributed by atoms with E-state index in [1.807, 2.05) is 48.6 Å². The summed E-state index contributed by atoms with van der Waals surface area (Å²) in [5.74, 6) is -0.805. The highest BCUT2D eigenvalue weighted by Gasteiger charge is 2.36. The molecule has 9 nitrogen and oxygen atoms in total. The van der Waals surface area contributed by atoms with E-state index in [0.29, 0.717) is 32.9 Å². The number of ether oxygens (including phenoxy) is 3. The van der Waals surface area contributed by atoms with Gasteiger partial charge < -0.3 is 19.5 Å². The molecule has 0 radical (unpaired) electrons. The highest BCUT2D eigenvalue weighted by Crippen LogP contribution is 2.37. The molecule has 2 aromatic carbocycles. The molecule has 190 valence electrons. The first-order valence-electron chi connectivity index (χ1n) is 10.9. The molecule has 1 aliphatic heterocycles. The lowest BCUT2D eigenvalue weighted by Crippen LogP contribution is -2.36. The normalized spacial score (nSPS) is 14.2.